The van der Waals surface area contributed by atoms with E-state index in [9.17, 15) is 9.59 Å². The van der Waals surface area contributed by atoms with Gasteiger partial charge in [0.25, 0.3) is 5.91 Å². The van der Waals surface area contributed by atoms with Gasteiger partial charge in [0.15, 0.2) is 5.76 Å². The number of hydrogen-bond donors (Lipinski definition) is 1. The molecule has 0 bridgehead atoms. The highest BCUT2D eigenvalue weighted by atomic mass is 32.1. The summed E-state index contributed by atoms with van der Waals surface area (Å²) in [6.45, 7) is 2.20. The molecule has 0 saturated heterocycles. The minimum absolute atomic E-state index is 0.198. The number of ketones is 1. The SMILES string of the molecule is CC1CCc2c(sc(NC(=O)c3cnccn3)c2C(=O)c2ccco2)C1. The second-order valence-electron chi connectivity index (χ2n) is 6.41. The summed E-state index contributed by atoms with van der Waals surface area (Å²) in [7, 11) is 0. The summed E-state index contributed by atoms with van der Waals surface area (Å²) < 4.78 is 5.30. The number of carbonyl (C=O) groups is 2. The van der Waals surface area contributed by atoms with Crippen molar-refractivity contribution in [2.24, 2.45) is 5.92 Å². The number of nitrogens with zero attached hydrogens (tertiary/aromatic N) is 2. The molecule has 1 amide bonds. The lowest BCUT2D eigenvalue weighted by Crippen LogP contribution is -2.16. The van der Waals surface area contributed by atoms with Gasteiger partial charge in [0.05, 0.1) is 18.0 Å². The Morgan fingerprint density at radius 1 is 1.35 bits per heavy atom. The van der Waals surface area contributed by atoms with E-state index in [4.69, 9.17) is 4.42 Å². The van der Waals surface area contributed by atoms with Crippen LogP contribution in [-0.4, -0.2) is 21.7 Å². The van der Waals surface area contributed by atoms with Gasteiger partial charge in [-0.3, -0.25) is 14.6 Å². The molecule has 0 aromatic carbocycles. The maximum Gasteiger partial charge on any atom is 0.276 e. The summed E-state index contributed by atoms with van der Waals surface area (Å²) in [5.41, 5.74) is 1.79. The van der Waals surface area contributed by atoms with Crippen molar-refractivity contribution in [1.29, 1.82) is 0 Å². The van der Waals surface area contributed by atoms with E-state index in [1.54, 1.807) is 12.1 Å². The smallest absolute Gasteiger partial charge is 0.276 e. The lowest BCUT2D eigenvalue weighted by atomic mass is 9.87. The fraction of sp³-hybridized carbons (Fsp3) is 0.263. The Morgan fingerprint density at radius 3 is 2.96 bits per heavy atom. The number of hydrogen-bond acceptors (Lipinski definition) is 6. The van der Waals surface area contributed by atoms with Crippen molar-refractivity contribution in [2.75, 3.05) is 5.32 Å². The molecule has 1 aliphatic carbocycles. The second kappa shape index (κ2) is 6.84. The summed E-state index contributed by atoms with van der Waals surface area (Å²) in [4.78, 5) is 34.6. The van der Waals surface area contributed by atoms with Crippen LogP contribution in [0, 0.1) is 5.92 Å². The molecule has 3 aromatic heterocycles. The van der Waals surface area contributed by atoms with Gasteiger partial charge in [-0.05, 0) is 42.9 Å². The number of aromatic nitrogens is 2. The first-order valence-electron chi connectivity index (χ1n) is 8.43. The van der Waals surface area contributed by atoms with Crippen molar-refractivity contribution in [2.45, 2.75) is 26.2 Å². The Hall–Kier alpha value is -2.80. The number of rotatable bonds is 4. The monoisotopic (exact) mass is 367 g/mol. The maximum absolute atomic E-state index is 13.0. The molecule has 0 spiro atoms. The molecule has 1 aliphatic rings. The topological polar surface area (TPSA) is 85.1 Å². The minimum Gasteiger partial charge on any atom is -0.461 e. The average Bonchev–Trinajstić information content (AvgIpc) is 3.29. The molecular weight excluding hydrogens is 350 g/mol. The lowest BCUT2D eigenvalue weighted by Gasteiger charge is -2.18. The van der Waals surface area contributed by atoms with Crippen LogP contribution >= 0.6 is 11.3 Å². The van der Waals surface area contributed by atoms with E-state index in [0.717, 1.165) is 29.7 Å². The normalized spacial score (nSPS) is 16.1. The molecule has 1 atom stereocenters. The van der Waals surface area contributed by atoms with Crippen molar-refractivity contribution in [3.8, 4) is 0 Å². The molecule has 7 heteroatoms. The average molecular weight is 367 g/mol. The summed E-state index contributed by atoms with van der Waals surface area (Å²) in [5, 5.41) is 3.41. The summed E-state index contributed by atoms with van der Waals surface area (Å²) >= 11 is 1.47. The van der Waals surface area contributed by atoms with Gasteiger partial charge in [-0.15, -0.1) is 11.3 Å². The molecule has 1 N–H and O–H groups in total. The van der Waals surface area contributed by atoms with Crippen LogP contribution in [0.5, 0.6) is 0 Å². The van der Waals surface area contributed by atoms with E-state index < -0.39 is 0 Å². The minimum atomic E-state index is -0.377. The van der Waals surface area contributed by atoms with Gasteiger partial charge in [-0.25, -0.2) is 4.98 Å². The summed E-state index contributed by atoms with van der Waals surface area (Å²) in [6, 6.07) is 3.33. The second-order valence-corrected chi connectivity index (χ2v) is 7.51. The highest BCUT2D eigenvalue weighted by molar-refractivity contribution is 7.17. The van der Waals surface area contributed by atoms with E-state index in [2.05, 4.69) is 22.2 Å². The zero-order valence-electron chi connectivity index (χ0n) is 14.2. The number of carbonyl (C=O) groups excluding carboxylic acids is 2. The van der Waals surface area contributed by atoms with E-state index in [-0.39, 0.29) is 23.1 Å². The Labute approximate surface area is 154 Å². The van der Waals surface area contributed by atoms with Crippen molar-refractivity contribution in [1.82, 2.24) is 9.97 Å². The molecule has 132 valence electrons. The summed E-state index contributed by atoms with van der Waals surface area (Å²) in [5.74, 6) is 0.269. The van der Waals surface area contributed by atoms with Crippen LogP contribution in [0.3, 0.4) is 0 Å². The third kappa shape index (κ3) is 3.06. The fourth-order valence-electron chi connectivity index (χ4n) is 3.19. The Bertz CT molecular complexity index is 948. The first-order chi connectivity index (χ1) is 12.6. The molecular formula is C19H17N3O3S. The molecule has 26 heavy (non-hydrogen) atoms. The third-order valence-electron chi connectivity index (χ3n) is 4.51. The van der Waals surface area contributed by atoms with Crippen LogP contribution in [0.4, 0.5) is 5.00 Å². The maximum atomic E-state index is 13.0. The molecule has 3 heterocycles. The highest BCUT2D eigenvalue weighted by Gasteiger charge is 2.30. The van der Waals surface area contributed by atoms with Crippen molar-refractivity contribution in [3.05, 3.63) is 64.4 Å². The van der Waals surface area contributed by atoms with Gasteiger partial charge >= 0.3 is 0 Å². The molecule has 0 saturated carbocycles. The first kappa shape index (κ1) is 16.7. The lowest BCUT2D eigenvalue weighted by molar-refractivity contribution is 0.101. The molecule has 4 rings (SSSR count). The van der Waals surface area contributed by atoms with Crippen molar-refractivity contribution in [3.63, 3.8) is 0 Å². The van der Waals surface area contributed by atoms with Crippen LogP contribution in [0.25, 0.3) is 0 Å². The summed E-state index contributed by atoms with van der Waals surface area (Å²) in [6.07, 6.45) is 8.62. The van der Waals surface area contributed by atoms with Crippen LogP contribution in [0.1, 0.15) is 50.4 Å². The Balaban J connectivity index is 1.74. The fourth-order valence-corrected chi connectivity index (χ4v) is 4.60. The predicted octanol–water partition coefficient (Wildman–Crippen LogP) is 3.74. The number of furan rings is 1. The molecule has 1 unspecified atom stereocenters. The predicted molar refractivity (Wildman–Crippen MR) is 97.6 cm³/mol. The largest absolute Gasteiger partial charge is 0.461 e. The van der Waals surface area contributed by atoms with E-state index in [0.29, 0.717) is 16.5 Å². The first-order valence-corrected chi connectivity index (χ1v) is 9.25. The van der Waals surface area contributed by atoms with Crippen LogP contribution in [0.2, 0.25) is 0 Å². The Morgan fingerprint density at radius 2 is 2.23 bits per heavy atom. The zero-order valence-corrected chi connectivity index (χ0v) is 15.0. The van der Waals surface area contributed by atoms with Gasteiger partial charge in [-0.2, -0.15) is 0 Å². The van der Waals surface area contributed by atoms with Gasteiger partial charge in [0.2, 0.25) is 5.78 Å². The quantitative estimate of drug-likeness (QED) is 0.710. The number of fused-ring (bicyclic) bond motifs is 1. The molecule has 6 nitrogen and oxygen atoms in total. The number of anilines is 1. The van der Waals surface area contributed by atoms with Crippen LogP contribution in [0.15, 0.2) is 41.4 Å². The number of amides is 1. The van der Waals surface area contributed by atoms with Gasteiger partial charge in [0, 0.05) is 17.3 Å². The standard InChI is InChI=1S/C19H17N3O3S/c1-11-4-5-12-15(9-11)26-19(16(12)17(23)14-3-2-8-25-14)22-18(24)13-10-20-6-7-21-13/h2-3,6-8,10-11H,4-5,9H2,1H3,(H,22,24). The van der Waals surface area contributed by atoms with Gasteiger partial charge in [0.1, 0.15) is 10.7 Å². The number of nitrogens with one attached hydrogen (secondary N) is 1. The van der Waals surface area contributed by atoms with E-state index in [1.165, 1.54) is 36.2 Å². The number of thiophene rings is 1. The van der Waals surface area contributed by atoms with Crippen molar-refractivity contribution < 1.29 is 14.0 Å². The molecule has 3 aromatic rings. The van der Waals surface area contributed by atoms with Crippen molar-refractivity contribution >= 4 is 28.0 Å². The van der Waals surface area contributed by atoms with Gasteiger partial charge in [-0.1, -0.05) is 6.92 Å². The van der Waals surface area contributed by atoms with Crippen LogP contribution in [-0.2, 0) is 12.8 Å². The molecule has 0 radical (unpaired) electrons. The van der Waals surface area contributed by atoms with E-state index >= 15 is 0 Å². The van der Waals surface area contributed by atoms with Crippen LogP contribution < -0.4 is 5.32 Å². The third-order valence-corrected chi connectivity index (χ3v) is 5.68. The highest BCUT2D eigenvalue weighted by Crippen LogP contribution is 2.40. The molecule has 0 fully saturated rings. The van der Waals surface area contributed by atoms with Gasteiger partial charge < -0.3 is 9.73 Å². The zero-order chi connectivity index (χ0) is 18.1. The van der Waals surface area contributed by atoms with E-state index in [1.807, 2.05) is 0 Å². The molecule has 0 aliphatic heterocycles. The Kier molecular flexibility index (Phi) is 4.38.